The van der Waals surface area contributed by atoms with Crippen LogP contribution in [0.1, 0.15) is 64.2 Å². The zero-order chi connectivity index (χ0) is 23.3. The van der Waals surface area contributed by atoms with Crippen molar-refractivity contribution in [1.29, 1.82) is 0 Å². The Balaban J connectivity index is 1.69. The third kappa shape index (κ3) is 3.63. The highest BCUT2D eigenvalue weighted by atomic mass is 19.1. The molecule has 0 N–H and O–H groups in total. The molecule has 4 aromatic rings. The predicted octanol–water partition coefficient (Wildman–Crippen LogP) is 6.11. The third-order valence-electron chi connectivity index (χ3n) is 6.32. The van der Waals surface area contributed by atoms with Gasteiger partial charge in [0.1, 0.15) is 11.4 Å². The van der Waals surface area contributed by atoms with Gasteiger partial charge in [0.25, 0.3) is 5.91 Å². The van der Waals surface area contributed by atoms with Gasteiger partial charge in [-0.3, -0.25) is 9.59 Å². The van der Waals surface area contributed by atoms with Crippen molar-refractivity contribution in [2.75, 3.05) is 0 Å². The predicted molar refractivity (Wildman–Crippen MR) is 126 cm³/mol. The Bertz CT molecular complexity index is 1420. The Labute approximate surface area is 191 Å². The molecular formula is C28H24FNO3. The van der Waals surface area contributed by atoms with Gasteiger partial charge in [-0.1, -0.05) is 67.9 Å². The first-order chi connectivity index (χ1) is 15.8. The molecule has 0 bridgehead atoms. The first-order valence-electron chi connectivity index (χ1n) is 11.1. The number of hydrogen-bond acceptors (Lipinski definition) is 3. The molecule has 33 heavy (non-hydrogen) atoms. The van der Waals surface area contributed by atoms with Crippen LogP contribution in [0.25, 0.3) is 11.0 Å². The summed E-state index contributed by atoms with van der Waals surface area (Å²) in [6.07, 6.45) is 0. The Hall–Kier alpha value is -3.73. The summed E-state index contributed by atoms with van der Waals surface area (Å²) < 4.78 is 19.8. The lowest BCUT2D eigenvalue weighted by atomic mass is 9.95. The Morgan fingerprint density at radius 1 is 0.970 bits per heavy atom. The number of fused-ring (bicyclic) bond motifs is 2. The zero-order valence-electron chi connectivity index (χ0n) is 18.8. The van der Waals surface area contributed by atoms with E-state index in [2.05, 4.69) is 13.8 Å². The van der Waals surface area contributed by atoms with E-state index in [9.17, 15) is 14.0 Å². The molecule has 0 saturated carbocycles. The molecule has 1 unspecified atom stereocenters. The van der Waals surface area contributed by atoms with Crippen molar-refractivity contribution in [1.82, 2.24) is 4.90 Å². The van der Waals surface area contributed by atoms with Crippen molar-refractivity contribution in [2.45, 2.75) is 39.3 Å². The largest absolute Gasteiger partial charge is 0.450 e. The van der Waals surface area contributed by atoms with Crippen LogP contribution < -0.4 is 5.43 Å². The molecule has 3 aromatic carbocycles. The maximum atomic E-state index is 13.9. The fourth-order valence-corrected chi connectivity index (χ4v) is 4.46. The van der Waals surface area contributed by atoms with E-state index >= 15 is 0 Å². The molecule has 1 aliphatic heterocycles. The van der Waals surface area contributed by atoms with Crippen molar-refractivity contribution in [2.24, 2.45) is 0 Å². The molecular weight excluding hydrogens is 417 g/mol. The van der Waals surface area contributed by atoms with Gasteiger partial charge in [0.05, 0.1) is 17.0 Å². The molecule has 0 aliphatic carbocycles. The minimum absolute atomic E-state index is 0.0316. The fraction of sp³-hybridized carbons (Fsp3) is 0.214. The van der Waals surface area contributed by atoms with Crippen molar-refractivity contribution in [3.63, 3.8) is 0 Å². The molecule has 0 fully saturated rings. The van der Waals surface area contributed by atoms with Crippen LogP contribution in [0.15, 0.2) is 75.9 Å². The number of amides is 1. The smallest absolute Gasteiger partial charge is 0.291 e. The van der Waals surface area contributed by atoms with E-state index in [0.717, 1.165) is 16.7 Å². The topological polar surface area (TPSA) is 50.5 Å². The van der Waals surface area contributed by atoms with Crippen LogP contribution in [0.4, 0.5) is 4.39 Å². The van der Waals surface area contributed by atoms with E-state index in [1.807, 2.05) is 55.5 Å². The zero-order valence-corrected chi connectivity index (χ0v) is 18.8. The van der Waals surface area contributed by atoms with Gasteiger partial charge in [0, 0.05) is 6.54 Å². The quantitative estimate of drug-likeness (QED) is 0.384. The summed E-state index contributed by atoms with van der Waals surface area (Å²) in [5.41, 5.74) is 4.17. The van der Waals surface area contributed by atoms with Crippen molar-refractivity contribution in [3.8, 4) is 0 Å². The van der Waals surface area contributed by atoms with Crippen LogP contribution in [0.5, 0.6) is 0 Å². The normalized spacial score (nSPS) is 15.5. The molecule has 0 radical (unpaired) electrons. The van der Waals surface area contributed by atoms with E-state index in [0.29, 0.717) is 12.5 Å². The molecule has 1 atom stereocenters. The molecule has 1 aromatic heterocycles. The monoisotopic (exact) mass is 441 g/mol. The number of benzene rings is 3. The lowest BCUT2D eigenvalue weighted by Crippen LogP contribution is -2.29. The van der Waals surface area contributed by atoms with E-state index in [-0.39, 0.29) is 33.6 Å². The standard InChI is InChI=1S/C28H24FNO3/c1-16(2)19-8-10-20(11-9-19)25-24-26(31)22-14-21(29)12-13-23(22)33-27(24)28(32)30(25)15-18-6-4-17(3)5-7-18/h4-14,16,25H,15H2,1-3H3. The maximum Gasteiger partial charge on any atom is 0.291 e. The summed E-state index contributed by atoms with van der Waals surface area (Å²) >= 11 is 0. The van der Waals surface area contributed by atoms with Crippen LogP contribution in [-0.4, -0.2) is 10.8 Å². The van der Waals surface area contributed by atoms with E-state index < -0.39 is 11.9 Å². The van der Waals surface area contributed by atoms with Gasteiger partial charge in [-0.15, -0.1) is 0 Å². The minimum atomic E-state index is -0.612. The van der Waals surface area contributed by atoms with Crippen molar-refractivity contribution < 1.29 is 13.6 Å². The van der Waals surface area contributed by atoms with Gasteiger partial charge in [-0.2, -0.15) is 0 Å². The lowest BCUT2D eigenvalue weighted by molar-refractivity contribution is 0.0714. The second-order valence-electron chi connectivity index (χ2n) is 8.96. The van der Waals surface area contributed by atoms with E-state index in [1.165, 1.54) is 23.8 Å². The van der Waals surface area contributed by atoms with Gasteiger partial charge >= 0.3 is 0 Å². The third-order valence-corrected chi connectivity index (χ3v) is 6.32. The summed E-state index contributed by atoms with van der Waals surface area (Å²) in [5.74, 6) is -0.471. The number of carbonyl (C=O) groups is 1. The first-order valence-corrected chi connectivity index (χ1v) is 11.1. The van der Waals surface area contributed by atoms with Crippen LogP contribution in [-0.2, 0) is 6.54 Å². The second kappa shape index (κ2) is 8.00. The summed E-state index contributed by atoms with van der Waals surface area (Å²) in [4.78, 5) is 28.7. The molecule has 1 aliphatic rings. The van der Waals surface area contributed by atoms with Crippen LogP contribution in [0.3, 0.4) is 0 Å². The number of hydrogen-bond donors (Lipinski definition) is 0. The molecule has 0 spiro atoms. The van der Waals surface area contributed by atoms with E-state index in [1.54, 1.807) is 4.90 Å². The Morgan fingerprint density at radius 3 is 2.33 bits per heavy atom. The summed E-state index contributed by atoms with van der Waals surface area (Å²) in [6.45, 7) is 6.56. The highest BCUT2D eigenvalue weighted by molar-refractivity contribution is 5.99. The highest BCUT2D eigenvalue weighted by Crippen LogP contribution is 2.39. The first kappa shape index (κ1) is 21.1. The number of halogens is 1. The van der Waals surface area contributed by atoms with E-state index in [4.69, 9.17) is 4.42 Å². The average molecular weight is 442 g/mol. The molecule has 1 amide bonds. The molecule has 166 valence electrons. The average Bonchev–Trinajstić information content (AvgIpc) is 3.08. The Morgan fingerprint density at radius 2 is 1.67 bits per heavy atom. The number of carbonyl (C=O) groups excluding carboxylic acids is 1. The van der Waals surface area contributed by atoms with Crippen LogP contribution in [0, 0.1) is 12.7 Å². The van der Waals surface area contributed by atoms with Crippen molar-refractivity contribution >= 4 is 16.9 Å². The maximum absolute atomic E-state index is 13.9. The summed E-state index contributed by atoms with van der Waals surface area (Å²) in [5, 5.41) is 0.141. The summed E-state index contributed by atoms with van der Waals surface area (Å²) in [6, 6.07) is 19.1. The van der Waals surface area contributed by atoms with Gasteiger partial charge in [0.15, 0.2) is 5.43 Å². The summed E-state index contributed by atoms with van der Waals surface area (Å²) in [7, 11) is 0. The van der Waals surface area contributed by atoms with Crippen LogP contribution >= 0.6 is 0 Å². The number of aryl methyl sites for hydroxylation is 1. The SMILES string of the molecule is Cc1ccc(CN2C(=O)c3oc4ccc(F)cc4c(=O)c3C2c2ccc(C(C)C)cc2)cc1. The molecule has 5 rings (SSSR count). The van der Waals surface area contributed by atoms with Gasteiger partial charge in [0.2, 0.25) is 5.76 Å². The fourth-order valence-electron chi connectivity index (χ4n) is 4.46. The second-order valence-corrected chi connectivity index (χ2v) is 8.96. The molecule has 4 nitrogen and oxygen atoms in total. The molecule has 5 heteroatoms. The highest BCUT2D eigenvalue weighted by Gasteiger charge is 2.42. The molecule has 0 saturated heterocycles. The van der Waals surface area contributed by atoms with Gasteiger partial charge in [-0.05, 0) is 47.7 Å². The minimum Gasteiger partial charge on any atom is -0.450 e. The van der Waals surface area contributed by atoms with Gasteiger partial charge < -0.3 is 9.32 Å². The number of nitrogens with zero attached hydrogens (tertiary/aromatic N) is 1. The number of rotatable bonds is 4. The van der Waals surface area contributed by atoms with Gasteiger partial charge in [-0.25, -0.2) is 4.39 Å². The lowest BCUT2D eigenvalue weighted by Gasteiger charge is -2.25. The Kier molecular flexibility index (Phi) is 5.12. The van der Waals surface area contributed by atoms with Crippen molar-refractivity contribution in [3.05, 3.63) is 116 Å². The molecule has 2 heterocycles. The van der Waals surface area contributed by atoms with Crippen LogP contribution in [0.2, 0.25) is 0 Å².